The van der Waals surface area contributed by atoms with Crippen molar-refractivity contribution in [2.24, 2.45) is 11.8 Å². The molecular weight excluding hydrogens is 388 g/mol. The molecule has 0 saturated heterocycles. The van der Waals surface area contributed by atoms with Gasteiger partial charge < -0.3 is 14.9 Å². The summed E-state index contributed by atoms with van der Waals surface area (Å²) in [5.74, 6) is 1.28. The molecule has 2 fully saturated rings. The molecule has 1 unspecified atom stereocenters. The van der Waals surface area contributed by atoms with E-state index in [0.29, 0.717) is 6.42 Å². The van der Waals surface area contributed by atoms with E-state index < -0.39 is 12.2 Å². The van der Waals surface area contributed by atoms with Crippen LogP contribution >= 0.6 is 11.8 Å². The summed E-state index contributed by atoms with van der Waals surface area (Å²) in [6.45, 7) is 0. The third-order valence-corrected chi connectivity index (χ3v) is 7.68. The van der Waals surface area contributed by atoms with Gasteiger partial charge in [-0.3, -0.25) is 9.59 Å². The first-order chi connectivity index (χ1) is 14.0. The molecule has 166 valence electrons. The number of methoxy groups -OCH3 is 1. The predicted molar refractivity (Wildman–Crippen MR) is 117 cm³/mol. The van der Waals surface area contributed by atoms with Crippen LogP contribution in [-0.4, -0.2) is 52.3 Å². The van der Waals surface area contributed by atoms with Crippen molar-refractivity contribution in [1.29, 1.82) is 0 Å². The fourth-order valence-electron chi connectivity index (χ4n) is 4.40. The molecule has 0 aromatic carbocycles. The quantitative estimate of drug-likeness (QED) is 0.278. The number of esters is 1. The van der Waals surface area contributed by atoms with Crippen molar-refractivity contribution in [2.45, 2.75) is 94.5 Å². The molecule has 0 aromatic rings. The van der Waals surface area contributed by atoms with E-state index in [1.54, 1.807) is 17.8 Å². The summed E-state index contributed by atoms with van der Waals surface area (Å²) in [7, 11) is 1.40. The van der Waals surface area contributed by atoms with Crippen molar-refractivity contribution in [3.63, 3.8) is 0 Å². The van der Waals surface area contributed by atoms with Gasteiger partial charge in [-0.15, -0.1) is 11.8 Å². The number of carbonyl (C=O) groups is 2. The molecule has 2 aliphatic rings. The number of thioether (sulfide) groups is 1. The Kier molecular flexibility index (Phi) is 11.3. The predicted octanol–water partition coefficient (Wildman–Crippen LogP) is 4.05. The second-order valence-electron chi connectivity index (χ2n) is 8.53. The molecule has 0 aliphatic heterocycles. The fourth-order valence-corrected chi connectivity index (χ4v) is 5.80. The second-order valence-corrected chi connectivity index (χ2v) is 9.78. The minimum absolute atomic E-state index is 0.100. The van der Waals surface area contributed by atoms with Crippen LogP contribution in [0.15, 0.2) is 12.2 Å². The zero-order valence-electron chi connectivity index (χ0n) is 17.8. The van der Waals surface area contributed by atoms with Gasteiger partial charge in [0, 0.05) is 18.8 Å². The fraction of sp³-hybridized carbons (Fsp3) is 0.826. The van der Waals surface area contributed by atoms with E-state index in [1.165, 1.54) is 39.2 Å². The van der Waals surface area contributed by atoms with Crippen molar-refractivity contribution in [2.75, 3.05) is 12.9 Å². The van der Waals surface area contributed by atoms with Crippen molar-refractivity contribution in [3.05, 3.63) is 12.2 Å². The molecule has 5 nitrogen and oxygen atoms in total. The van der Waals surface area contributed by atoms with Crippen LogP contribution in [0.25, 0.3) is 0 Å². The van der Waals surface area contributed by atoms with Crippen LogP contribution in [0.2, 0.25) is 0 Å². The standard InChI is InChI=1S/C23H38O5S/c1-28-22(27)10-6-3-7-15-29-23-19(20(25)16-21(23)26)14-13-18(24)12-11-17-8-4-2-5-9-17/h13-14,17-20,23-25H,2-12,15-16H2,1H3/b14-13+/t18?,19-,20+,23+/m0/s1. The summed E-state index contributed by atoms with van der Waals surface area (Å²) in [4.78, 5) is 23.4. The average molecular weight is 427 g/mol. The number of ketones is 1. The summed E-state index contributed by atoms with van der Waals surface area (Å²) in [6.07, 6.45) is 14.2. The Morgan fingerprint density at radius 2 is 2.00 bits per heavy atom. The number of aliphatic hydroxyl groups is 2. The highest BCUT2D eigenvalue weighted by molar-refractivity contribution is 8.00. The summed E-state index contributed by atoms with van der Waals surface area (Å²) in [5, 5.41) is 20.4. The minimum atomic E-state index is -0.652. The average Bonchev–Trinajstić information content (AvgIpc) is 3.00. The van der Waals surface area contributed by atoms with Crippen LogP contribution in [0.4, 0.5) is 0 Å². The first kappa shape index (κ1) is 24.4. The number of ether oxygens (including phenoxy) is 1. The monoisotopic (exact) mass is 426 g/mol. The van der Waals surface area contributed by atoms with Gasteiger partial charge in [0.05, 0.1) is 24.6 Å². The number of rotatable bonds is 12. The summed E-state index contributed by atoms with van der Waals surface area (Å²) in [5.41, 5.74) is 0. The number of hydrogen-bond acceptors (Lipinski definition) is 6. The molecule has 2 N–H and O–H groups in total. The Morgan fingerprint density at radius 1 is 1.24 bits per heavy atom. The molecule has 0 amide bonds. The van der Waals surface area contributed by atoms with E-state index in [0.717, 1.165) is 43.8 Å². The number of Topliss-reactive ketones (excluding diaryl/α,β-unsaturated/α-hetero) is 1. The van der Waals surface area contributed by atoms with Gasteiger partial charge >= 0.3 is 5.97 Å². The molecular formula is C23H38O5S. The van der Waals surface area contributed by atoms with Gasteiger partial charge in [-0.05, 0) is 37.4 Å². The normalized spacial score (nSPS) is 26.9. The molecule has 2 rings (SSSR count). The van der Waals surface area contributed by atoms with E-state index in [2.05, 4.69) is 4.74 Å². The van der Waals surface area contributed by atoms with Crippen molar-refractivity contribution in [3.8, 4) is 0 Å². The summed E-state index contributed by atoms with van der Waals surface area (Å²) >= 11 is 1.60. The lowest BCUT2D eigenvalue weighted by atomic mass is 9.85. The number of hydrogen-bond donors (Lipinski definition) is 2. The Morgan fingerprint density at radius 3 is 2.72 bits per heavy atom. The van der Waals surface area contributed by atoms with Gasteiger partial charge in [-0.2, -0.15) is 0 Å². The molecule has 6 heteroatoms. The van der Waals surface area contributed by atoms with Crippen LogP contribution in [0.3, 0.4) is 0 Å². The first-order valence-corrected chi connectivity index (χ1v) is 12.3. The lowest BCUT2D eigenvalue weighted by molar-refractivity contribution is -0.140. The molecule has 2 saturated carbocycles. The highest BCUT2D eigenvalue weighted by Crippen LogP contribution is 2.35. The number of aliphatic hydroxyl groups excluding tert-OH is 2. The summed E-state index contributed by atoms with van der Waals surface area (Å²) < 4.78 is 4.63. The third-order valence-electron chi connectivity index (χ3n) is 6.22. The molecule has 0 heterocycles. The van der Waals surface area contributed by atoms with E-state index >= 15 is 0 Å². The zero-order chi connectivity index (χ0) is 21.1. The van der Waals surface area contributed by atoms with Crippen molar-refractivity contribution < 1.29 is 24.5 Å². The third kappa shape index (κ3) is 8.81. The number of carbonyl (C=O) groups excluding carboxylic acids is 2. The largest absolute Gasteiger partial charge is 0.469 e. The topological polar surface area (TPSA) is 83.8 Å². The van der Waals surface area contributed by atoms with E-state index in [4.69, 9.17) is 0 Å². The lowest BCUT2D eigenvalue weighted by Gasteiger charge is -2.22. The lowest BCUT2D eigenvalue weighted by Crippen LogP contribution is -2.22. The minimum Gasteiger partial charge on any atom is -0.469 e. The summed E-state index contributed by atoms with van der Waals surface area (Å²) in [6, 6.07) is 0. The van der Waals surface area contributed by atoms with Crippen LogP contribution in [0.5, 0.6) is 0 Å². The molecule has 4 atom stereocenters. The van der Waals surface area contributed by atoms with E-state index in [-0.39, 0.29) is 29.3 Å². The Hall–Kier alpha value is -0.850. The maximum Gasteiger partial charge on any atom is 0.305 e. The molecule has 2 aliphatic carbocycles. The first-order valence-electron chi connectivity index (χ1n) is 11.3. The van der Waals surface area contributed by atoms with Gasteiger partial charge in [0.1, 0.15) is 5.78 Å². The molecule has 0 aromatic heterocycles. The number of unbranched alkanes of at least 4 members (excludes halogenated alkanes) is 2. The zero-order valence-corrected chi connectivity index (χ0v) is 18.6. The second kappa shape index (κ2) is 13.5. The van der Waals surface area contributed by atoms with E-state index in [1.807, 2.05) is 6.08 Å². The van der Waals surface area contributed by atoms with E-state index in [9.17, 15) is 19.8 Å². The molecule has 29 heavy (non-hydrogen) atoms. The highest BCUT2D eigenvalue weighted by Gasteiger charge is 2.40. The van der Waals surface area contributed by atoms with Crippen LogP contribution in [0.1, 0.15) is 77.0 Å². The van der Waals surface area contributed by atoms with Gasteiger partial charge in [0.2, 0.25) is 0 Å². The Bertz CT molecular complexity index is 529. The molecule has 0 bridgehead atoms. The molecule has 0 spiro atoms. The van der Waals surface area contributed by atoms with Crippen LogP contribution < -0.4 is 0 Å². The van der Waals surface area contributed by atoms with Gasteiger partial charge in [-0.25, -0.2) is 0 Å². The van der Waals surface area contributed by atoms with Gasteiger partial charge in [0.15, 0.2) is 0 Å². The maximum atomic E-state index is 12.3. The molecule has 0 radical (unpaired) electrons. The Labute approximate surface area is 179 Å². The maximum absolute atomic E-state index is 12.3. The van der Waals surface area contributed by atoms with Crippen molar-refractivity contribution >= 4 is 23.5 Å². The van der Waals surface area contributed by atoms with Crippen LogP contribution in [0, 0.1) is 11.8 Å². The van der Waals surface area contributed by atoms with Crippen LogP contribution in [-0.2, 0) is 14.3 Å². The van der Waals surface area contributed by atoms with Gasteiger partial charge in [0.25, 0.3) is 0 Å². The smallest absolute Gasteiger partial charge is 0.305 e. The van der Waals surface area contributed by atoms with Gasteiger partial charge in [-0.1, -0.05) is 50.7 Å². The SMILES string of the molecule is COC(=O)CCCCCS[C@H]1C(=O)C[C@@H](O)[C@@H]1/C=C/C(O)CCC1CCCCC1. The van der Waals surface area contributed by atoms with Crippen molar-refractivity contribution in [1.82, 2.24) is 0 Å². The Balaban J connectivity index is 1.71. The highest BCUT2D eigenvalue weighted by atomic mass is 32.2.